The first-order valence-corrected chi connectivity index (χ1v) is 8.24. The van der Waals surface area contributed by atoms with Gasteiger partial charge in [0, 0.05) is 19.1 Å². The van der Waals surface area contributed by atoms with Crippen LogP contribution in [-0.4, -0.2) is 30.6 Å². The van der Waals surface area contributed by atoms with E-state index >= 15 is 0 Å². The average molecular weight is 327 g/mol. The van der Waals surface area contributed by atoms with Gasteiger partial charge in [-0.3, -0.25) is 4.90 Å². The predicted octanol–water partition coefficient (Wildman–Crippen LogP) is 3.57. The molecule has 0 aromatic carbocycles. The normalized spacial score (nSPS) is 25.1. The van der Waals surface area contributed by atoms with E-state index in [-0.39, 0.29) is 0 Å². The van der Waals surface area contributed by atoms with Crippen molar-refractivity contribution in [2.24, 2.45) is 5.92 Å². The Hall–Kier alpha value is -0.320. The Kier molecular flexibility index (Phi) is 4.30. The van der Waals surface area contributed by atoms with Crippen LogP contribution >= 0.6 is 15.9 Å². The van der Waals surface area contributed by atoms with Gasteiger partial charge in [0.2, 0.25) is 0 Å². The highest BCUT2D eigenvalue weighted by molar-refractivity contribution is 9.10. The van der Waals surface area contributed by atoms with Crippen molar-refractivity contribution in [3.8, 4) is 0 Å². The third-order valence-electron chi connectivity index (χ3n) is 4.36. The smallest absolute Gasteiger partial charge is 0.169 e. The predicted molar refractivity (Wildman–Crippen MR) is 80.1 cm³/mol. The Morgan fingerprint density at radius 1 is 1.37 bits per heavy atom. The molecule has 0 radical (unpaired) electrons. The standard InChI is InChI=1S/C15H23BrN2O/c1-11(14-6-7-15(16)19-14)18(9-12-4-5-12)10-13-3-2-8-17-13/h6-7,11-13,17H,2-5,8-10H2,1H3. The fourth-order valence-electron chi connectivity index (χ4n) is 2.95. The van der Waals surface area contributed by atoms with Crippen molar-refractivity contribution >= 4 is 15.9 Å². The molecule has 19 heavy (non-hydrogen) atoms. The van der Waals surface area contributed by atoms with E-state index in [0.717, 1.165) is 22.9 Å². The van der Waals surface area contributed by atoms with Crippen LogP contribution in [0.15, 0.2) is 21.2 Å². The van der Waals surface area contributed by atoms with E-state index in [1.54, 1.807) is 0 Å². The second kappa shape index (κ2) is 5.98. The number of nitrogens with zero attached hydrogens (tertiary/aromatic N) is 1. The van der Waals surface area contributed by atoms with Gasteiger partial charge in [0.1, 0.15) is 5.76 Å². The van der Waals surface area contributed by atoms with Crippen LogP contribution in [-0.2, 0) is 0 Å². The maximum Gasteiger partial charge on any atom is 0.169 e. The van der Waals surface area contributed by atoms with Crippen molar-refractivity contribution in [1.82, 2.24) is 10.2 Å². The molecule has 4 heteroatoms. The summed E-state index contributed by atoms with van der Waals surface area (Å²) in [5.41, 5.74) is 0. The molecule has 106 valence electrons. The minimum atomic E-state index is 0.370. The highest BCUT2D eigenvalue weighted by Gasteiger charge is 2.30. The lowest BCUT2D eigenvalue weighted by Crippen LogP contribution is -2.39. The van der Waals surface area contributed by atoms with Gasteiger partial charge in [-0.15, -0.1) is 0 Å². The van der Waals surface area contributed by atoms with Crippen molar-refractivity contribution in [2.75, 3.05) is 19.6 Å². The van der Waals surface area contributed by atoms with E-state index in [1.165, 1.54) is 38.8 Å². The Labute approximate surface area is 123 Å². The molecular formula is C15H23BrN2O. The Bertz CT molecular complexity index is 410. The molecule has 2 fully saturated rings. The quantitative estimate of drug-likeness (QED) is 0.866. The summed E-state index contributed by atoms with van der Waals surface area (Å²) in [6.07, 6.45) is 5.45. The summed E-state index contributed by atoms with van der Waals surface area (Å²) < 4.78 is 6.58. The zero-order chi connectivity index (χ0) is 13.2. The number of halogens is 1. The Morgan fingerprint density at radius 2 is 2.21 bits per heavy atom. The number of hydrogen-bond acceptors (Lipinski definition) is 3. The molecule has 1 aromatic heterocycles. The van der Waals surface area contributed by atoms with Crippen LogP contribution < -0.4 is 5.32 Å². The lowest BCUT2D eigenvalue weighted by Gasteiger charge is -2.30. The third kappa shape index (κ3) is 3.61. The number of hydrogen-bond donors (Lipinski definition) is 1. The summed E-state index contributed by atoms with van der Waals surface area (Å²) in [6, 6.07) is 5.12. The minimum absolute atomic E-state index is 0.370. The van der Waals surface area contributed by atoms with Crippen LogP contribution in [0.4, 0.5) is 0 Å². The maximum atomic E-state index is 5.75. The first kappa shape index (κ1) is 13.7. The van der Waals surface area contributed by atoms with E-state index in [0.29, 0.717) is 12.1 Å². The van der Waals surface area contributed by atoms with Crippen LogP contribution in [0, 0.1) is 5.92 Å². The van der Waals surface area contributed by atoms with Gasteiger partial charge in [0.15, 0.2) is 4.67 Å². The lowest BCUT2D eigenvalue weighted by atomic mass is 10.1. The average Bonchev–Trinajstić information content (AvgIpc) is 2.89. The molecule has 2 heterocycles. The topological polar surface area (TPSA) is 28.4 Å². The first-order valence-electron chi connectivity index (χ1n) is 7.45. The molecule has 0 spiro atoms. The van der Waals surface area contributed by atoms with Gasteiger partial charge in [0.05, 0.1) is 6.04 Å². The molecule has 1 aliphatic heterocycles. The van der Waals surface area contributed by atoms with Crippen LogP contribution in [0.3, 0.4) is 0 Å². The second-order valence-electron chi connectivity index (χ2n) is 6.01. The summed E-state index contributed by atoms with van der Waals surface area (Å²) in [4.78, 5) is 2.60. The summed E-state index contributed by atoms with van der Waals surface area (Å²) >= 11 is 3.40. The third-order valence-corrected chi connectivity index (χ3v) is 4.79. The maximum absolute atomic E-state index is 5.75. The van der Waals surface area contributed by atoms with E-state index in [2.05, 4.69) is 39.1 Å². The van der Waals surface area contributed by atoms with E-state index in [4.69, 9.17) is 4.42 Å². The second-order valence-corrected chi connectivity index (χ2v) is 6.79. The van der Waals surface area contributed by atoms with Crippen molar-refractivity contribution in [2.45, 2.75) is 44.7 Å². The van der Waals surface area contributed by atoms with Gasteiger partial charge in [0.25, 0.3) is 0 Å². The molecule has 1 saturated heterocycles. The van der Waals surface area contributed by atoms with E-state index in [9.17, 15) is 0 Å². The largest absolute Gasteiger partial charge is 0.453 e. The monoisotopic (exact) mass is 326 g/mol. The van der Waals surface area contributed by atoms with Crippen LogP contribution in [0.2, 0.25) is 0 Å². The van der Waals surface area contributed by atoms with Crippen LogP contribution in [0.5, 0.6) is 0 Å². The van der Waals surface area contributed by atoms with Crippen molar-refractivity contribution in [3.05, 3.63) is 22.6 Å². The molecule has 1 aromatic rings. The van der Waals surface area contributed by atoms with Gasteiger partial charge in [-0.1, -0.05) is 0 Å². The molecule has 2 unspecified atom stereocenters. The van der Waals surface area contributed by atoms with E-state index in [1.807, 2.05) is 6.07 Å². The zero-order valence-corrected chi connectivity index (χ0v) is 13.2. The van der Waals surface area contributed by atoms with Crippen LogP contribution in [0.25, 0.3) is 0 Å². The molecule has 2 aliphatic rings. The van der Waals surface area contributed by atoms with E-state index < -0.39 is 0 Å². The molecule has 3 rings (SSSR count). The highest BCUT2D eigenvalue weighted by atomic mass is 79.9. The summed E-state index contributed by atoms with van der Waals surface area (Å²) in [5.74, 6) is 1.99. The van der Waals surface area contributed by atoms with Gasteiger partial charge < -0.3 is 9.73 Å². The molecule has 1 aliphatic carbocycles. The van der Waals surface area contributed by atoms with Crippen LogP contribution in [0.1, 0.15) is 44.4 Å². The molecule has 1 saturated carbocycles. The molecule has 1 N–H and O–H groups in total. The van der Waals surface area contributed by atoms with Crippen molar-refractivity contribution < 1.29 is 4.42 Å². The zero-order valence-electron chi connectivity index (χ0n) is 11.6. The highest BCUT2D eigenvalue weighted by Crippen LogP contribution is 2.34. The van der Waals surface area contributed by atoms with Crippen molar-refractivity contribution in [1.29, 1.82) is 0 Å². The first-order chi connectivity index (χ1) is 9.22. The molecule has 0 amide bonds. The summed E-state index contributed by atoms with van der Waals surface area (Å²) in [7, 11) is 0. The fourth-order valence-corrected chi connectivity index (χ4v) is 3.27. The number of furan rings is 1. The SMILES string of the molecule is CC(c1ccc(Br)o1)N(CC1CC1)CC1CCCN1. The fraction of sp³-hybridized carbons (Fsp3) is 0.733. The van der Waals surface area contributed by atoms with Crippen molar-refractivity contribution in [3.63, 3.8) is 0 Å². The Morgan fingerprint density at radius 3 is 2.79 bits per heavy atom. The number of nitrogens with one attached hydrogen (secondary N) is 1. The van der Waals surface area contributed by atoms with Gasteiger partial charge in [-0.25, -0.2) is 0 Å². The minimum Gasteiger partial charge on any atom is -0.453 e. The van der Waals surface area contributed by atoms with Gasteiger partial charge in [-0.2, -0.15) is 0 Å². The Balaban J connectivity index is 1.65. The lowest BCUT2D eigenvalue weighted by molar-refractivity contribution is 0.164. The summed E-state index contributed by atoms with van der Waals surface area (Å²) in [6.45, 7) is 5.82. The molecule has 3 nitrogen and oxygen atoms in total. The van der Waals surface area contributed by atoms with Gasteiger partial charge in [-0.05, 0) is 73.1 Å². The number of rotatable bonds is 6. The van der Waals surface area contributed by atoms with Gasteiger partial charge >= 0.3 is 0 Å². The summed E-state index contributed by atoms with van der Waals surface area (Å²) in [5, 5.41) is 3.61. The molecule has 0 bridgehead atoms. The molecule has 2 atom stereocenters. The molecular weight excluding hydrogens is 304 g/mol.